The Morgan fingerprint density at radius 1 is 1.35 bits per heavy atom. The zero-order valence-electron chi connectivity index (χ0n) is 12.0. The van der Waals surface area contributed by atoms with Gasteiger partial charge in [-0.05, 0) is 36.4 Å². The normalized spacial score (nSPS) is 11.7. The van der Waals surface area contributed by atoms with E-state index >= 15 is 0 Å². The molecule has 5 nitrogen and oxygen atoms in total. The lowest BCUT2D eigenvalue weighted by atomic mass is 10.3. The van der Waals surface area contributed by atoms with Gasteiger partial charge in [0.2, 0.25) is 0 Å². The van der Waals surface area contributed by atoms with Gasteiger partial charge in [-0.1, -0.05) is 23.9 Å². The quantitative estimate of drug-likeness (QED) is 0.420. The minimum absolute atomic E-state index is 0.170. The van der Waals surface area contributed by atoms with Crippen LogP contribution in [0.5, 0.6) is 0 Å². The number of benzene rings is 1. The highest BCUT2D eigenvalue weighted by atomic mass is 32.2. The van der Waals surface area contributed by atoms with Gasteiger partial charge in [-0.3, -0.25) is 4.79 Å². The predicted octanol–water partition coefficient (Wildman–Crippen LogP) is 3.80. The van der Waals surface area contributed by atoms with E-state index in [0.29, 0.717) is 0 Å². The molecule has 2 heterocycles. The molecule has 1 N–H and O–H groups in total. The number of carbonyl (C=O) groups excluding carboxylic acids is 1. The Morgan fingerprint density at radius 2 is 2.26 bits per heavy atom. The average molecular weight is 343 g/mol. The molecule has 0 aliphatic carbocycles. The average Bonchev–Trinajstić information content (AvgIpc) is 3.21. The van der Waals surface area contributed by atoms with Crippen LogP contribution in [-0.4, -0.2) is 22.9 Å². The van der Waals surface area contributed by atoms with E-state index in [1.54, 1.807) is 35.8 Å². The number of rotatable bonds is 6. The molecule has 0 bridgehead atoms. The van der Waals surface area contributed by atoms with E-state index in [2.05, 4.69) is 15.5 Å². The van der Waals surface area contributed by atoms with Gasteiger partial charge in [-0.15, -0.1) is 11.3 Å². The SMILES string of the molecule is O=C(CSc1nc2ccccc2s1)NN=CC=Cc1ccco1. The Bertz CT molecular complexity index is 805. The number of hydrogen-bond donors (Lipinski definition) is 1. The lowest BCUT2D eigenvalue weighted by Crippen LogP contribution is -2.19. The fourth-order valence-corrected chi connectivity index (χ4v) is 3.61. The maximum Gasteiger partial charge on any atom is 0.250 e. The number of aromatic nitrogens is 1. The second kappa shape index (κ2) is 7.75. The molecule has 7 heteroatoms. The second-order valence-corrected chi connectivity index (χ2v) is 6.68. The number of fused-ring (bicyclic) bond motifs is 1. The van der Waals surface area contributed by atoms with Gasteiger partial charge < -0.3 is 4.42 Å². The number of nitrogens with zero attached hydrogens (tertiary/aromatic N) is 2. The summed E-state index contributed by atoms with van der Waals surface area (Å²) < 4.78 is 7.13. The van der Waals surface area contributed by atoms with Gasteiger partial charge in [0.1, 0.15) is 5.76 Å². The zero-order chi connectivity index (χ0) is 15.9. The molecular formula is C16H13N3O2S2. The van der Waals surface area contributed by atoms with Crippen molar-refractivity contribution in [2.45, 2.75) is 4.34 Å². The summed E-state index contributed by atoms with van der Waals surface area (Å²) in [5.41, 5.74) is 3.43. The van der Waals surface area contributed by atoms with Crippen molar-refractivity contribution in [3.8, 4) is 0 Å². The van der Waals surface area contributed by atoms with Gasteiger partial charge in [0.15, 0.2) is 4.34 Å². The second-order valence-electron chi connectivity index (χ2n) is 4.42. The van der Waals surface area contributed by atoms with Crippen LogP contribution >= 0.6 is 23.1 Å². The van der Waals surface area contributed by atoms with Crippen LogP contribution in [0.25, 0.3) is 16.3 Å². The third kappa shape index (κ3) is 4.54. The monoisotopic (exact) mass is 343 g/mol. The molecule has 1 aromatic carbocycles. The summed E-state index contributed by atoms with van der Waals surface area (Å²) in [5.74, 6) is 0.838. The largest absolute Gasteiger partial charge is 0.465 e. The standard InChI is InChI=1S/C16H13N3O2S2/c20-15(19-17-9-3-5-12-6-4-10-21-12)11-22-16-18-13-7-1-2-8-14(13)23-16/h1-10H,11H2,(H,19,20). The number of thiazole rings is 1. The van der Waals surface area contributed by atoms with Crippen molar-refractivity contribution in [1.82, 2.24) is 10.4 Å². The summed E-state index contributed by atoms with van der Waals surface area (Å²) in [6.07, 6.45) is 6.55. The van der Waals surface area contributed by atoms with Gasteiger partial charge in [-0.25, -0.2) is 10.4 Å². The molecule has 23 heavy (non-hydrogen) atoms. The number of thioether (sulfide) groups is 1. The number of para-hydroxylation sites is 1. The van der Waals surface area contributed by atoms with Crippen molar-refractivity contribution in [2.75, 3.05) is 5.75 Å². The van der Waals surface area contributed by atoms with E-state index in [1.165, 1.54) is 18.0 Å². The highest BCUT2D eigenvalue weighted by molar-refractivity contribution is 8.01. The maximum absolute atomic E-state index is 11.7. The van der Waals surface area contributed by atoms with Crippen molar-refractivity contribution < 1.29 is 9.21 Å². The molecule has 0 unspecified atom stereocenters. The maximum atomic E-state index is 11.7. The van der Waals surface area contributed by atoms with E-state index in [-0.39, 0.29) is 11.7 Å². The molecule has 3 aromatic rings. The Kier molecular flexibility index (Phi) is 5.23. The Labute approximate surface area is 141 Å². The van der Waals surface area contributed by atoms with Crippen LogP contribution in [0.2, 0.25) is 0 Å². The summed E-state index contributed by atoms with van der Waals surface area (Å²) in [6.45, 7) is 0. The van der Waals surface area contributed by atoms with E-state index < -0.39 is 0 Å². The van der Waals surface area contributed by atoms with Crippen molar-refractivity contribution in [2.24, 2.45) is 5.10 Å². The van der Waals surface area contributed by atoms with Crippen molar-refractivity contribution in [3.05, 3.63) is 54.5 Å². The first-order valence-corrected chi connectivity index (χ1v) is 8.62. The first kappa shape index (κ1) is 15.5. The third-order valence-corrected chi connectivity index (χ3v) is 4.93. The number of carbonyl (C=O) groups is 1. The number of furan rings is 1. The van der Waals surface area contributed by atoms with Crippen LogP contribution < -0.4 is 5.43 Å². The smallest absolute Gasteiger partial charge is 0.250 e. The zero-order valence-corrected chi connectivity index (χ0v) is 13.6. The van der Waals surface area contributed by atoms with Crippen LogP contribution in [0.1, 0.15) is 5.76 Å². The van der Waals surface area contributed by atoms with E-state index in [1.807, 2.05) is 30.3 Å². The van der Waals surface area contributed by atoms with Gasteiger partial charge >= 0.3 is 0 Å². The lowest BCUT2D eigenvalue weighted by molar-refractivity contribution is -0.118. The number of hydrazone groups is 1. The third-order valence-electron chi connectivity index (χ3n) is 2.75. The van der Waals surface area contributed by atoms with Gasteiger partial charge in [0, 0.05) is 6.21 Å². The van der Waals surface area contributed by atoms with Gasteiger partial charge in [0.05, 0.1) is 22.2 Å². The molecule has 0 aliphatic heterocycles. The molecule has 0 fully saturated rings. The fraction of sp³-hybridized carbons (Fsp3) is 0.0625. The van der Waals surface area contributed by atoms with E-state index in [4.69, 9.17) is 4.42 Å². The van der Waals surface area contributed by atoms with Crippen LogP contribution in [0, 0.1) is 0 Å². The molecule has 0 saturated heterocycles. The number of allylic oxidation sites excluding steroid dienone is 1. The lowest BCUT2D eigenvalue weighted by Gasteiger charge is -1.96. The van der Waals surface area contributed by atoms with Gasteiger partial charge in [-0.2, -0.15) is 5.10 Å². The Hall–Kier alpha value is -2.38. The minimum Gasteiger partial charge on any atom is -0.465 e. The summed E-state index contributed by atoms with van der Waals surface area (Å²) >= 11 is 2.99. The first-order chi connectivity index (χ1) is 11.3. The molecule has 2 aromatic heterocycles. The molecule has 0 aliphatic rings. The molecule has 0 atom stereocenters. The molecule has 0 radical (unpaired) electrons. The van der Waals surface area contributed by atoms with Crippen LogP contribution in [0.15, 0.2) is 62.6 Å². The number of hydrogen-bond acceptors (Lipinski definition) is 6. The highest BCUT2D eigenvalue weighted by Crippen LogP contribution is 2.28. The topological polar surface area (TPSA) is 67.5 Å². The van der Waals surface area contributed by atoms with E-state index in [0.717, 1.165) is 20.3 Å². The minimum atomic E-state index is -0.170. The van der Waals surface area contributed by atoms with Crippen molar-refractivity contribution in [1.29, 1.82) is 0 Å². The van der Waals surface area contributed by atoms with Crippen LogP contribution in [0.3, 0.4) is 0 Å². The summed E-state index contributed by atoms with van der Waals surface area (Å²) in [4.78, 5) is 16.2. The van der Waals surface area contributed by atoms with E-state index in [9.17, 15) is 4.79 Å². The van der Waals surface area contributed by atoms with Crippen LogP contribution in [0.4, 0.5) is 0 Å². The first-order valence-electron chi connectivity index (χ1n) is 6.82. The summed E-state index contributed by atoms with van der Waals surface area (Å²) in [6, 6.07) is 11.6. The molecular weight excluding hydrogens is 330 g/mol. The number of nitrogens with one attached hydrogen (secondary N) is 1. The highest BCUT2D eigenvalue weighted by Gasteiger charge is 2.06. The fourth-order valence-electron chi connectivity index (χ4n) is 1.75. The molecule has 1 amide bonds. The molecule has 3 rings (SSSR count). The predicted molar refractivity (Wildman–Crippen MR) is 94.7 cm³/mol. The molecule has 0 saturated carbocycles. The Balaban J connectivity index is 1.44. The summed E-state index contributed by atoms with van der Waals surface area (Å²) in [5, 5.41) is 3.84. The molecule has 116 valence electrons. The van der Waals surface area contributed by atoms with Gasteiger partial charge in [0.25, 0.3) is 5.91 Å². The molecule has 0 spiro atoms. The van der Waals surface area contributed by atoms with Crippen molar-refractivity contribution in [3.63, 3.8) is 0 Å². The summed E-state index contributed by atoms with van der Waals surface area (Å²) in [7, 11) is 0. The van der Waals surface area contributed by atoms with Crippen molar-refractivity contribution >= 4 is 51.5 Å². The Morgan fingerprint density at radius 3 is 3.09 bits per heavy atom. The van der Waals surface area contributed by atoms with Crippen LogP contribution in [-0.2, 0) is 4.79 Å². The number of amides is 1.